The molecule has 1 aromatic carbocycles. The Hall–Kier alpha value is -1.96. The van der Waals surface area contributed by atoms with Crippen LogP contribution < -0.4 is 0 Å². The topological polar surface area (TPSA) is 70.6 Å². The molecule has 0 saturated carbocycles. The van der Waals surface area contributed by atoms with Gasteiger partial charge in [0.15, 0.2) is 0 Å². The number of sulfonamides is 1. The van der Waals surface area contributed by atoms with Gasteiger partial charge in [0, 0.05) is 37.8 Å². The molecule has 1 saturated heterocycles. The zero-order chi connectivity index (χ0) is 21.7. The van der Waals surface area contributed by atoms with Gasteiger partial charge in [0.2, 0.25) is 15.9 Å². The van der Waals surface area contributed by atoms with Crippen molar-refractivity contribution < 1.29 is 13.2 Å². The zero-order valence-corrected chi connectivity index (χ0v) is 18.9. The lowest BCUT2D eigenvalue weighted by Crippen LogP contribution is -2.46. The first-order chi connectivity index (χ1) is 14.3. The van der Waals surface area contributed by atoms with E-state index < -0.39 is 10.0 Å². The largest absolute Gasteiger partial charge is 0.335 e. The maximum atomic E-state index is 13.3. The fraction of sp³-hybridized carbons (Fsp3) is 0.455. The molecule has 3 rings (SSSR count). The Morgan fingerprint density at radius 1 is 1.20 bits per heavy atom. The van der Waals surface area contributed by atoms with Crippen molar-refractivity contribution in [2.45, 2.75) is 50.6 Å². The fourth-order valence-electron chi connectivity index (χ4n) is 3.73. The third-order valence-electron chi connectivity index (χ3n) is 5.75. The number of hydrogen-bond acceptors (Lipinski definition) is 4. The van der Waals surface area contributed by atoms with Gasteiger partial charge in [-0.2, -0.15) is 4.31 Å². The van der Waals surface area contributed by atoms with Gasteiger partial charge in [-0.15, -0.1) is 0 Å². The van der Waals surface area contributed by atoms with Gasteiger partial charge >= 0.3 is 0 Å². The second-order valence-corrected chi connectivity index (χ2v) is 9.94. The van der Waals surface area contributed by atoms with Gasteiger partial charge in [-0.05, 0) is 43.9 Å². The number of carbonyl (C=O) groups is 1. The molecule has 162 valence electrons. The van der Waals surface area contributed by atoms with E-state index >= 15 is 0 Å². The molecule has 8 heteroatoms. The molecule has 1 atom stereocenters. The summed E-state index contributed by atoms with van der Waals surface area (Å²) in [6, 6.07) is 13.1. The van der Waals surface area contributed by atoms with E-state index in [1.165, 1.54) is 16.6 Å². The first-order valence-corrected chi connectivity index (χ1v) is 12.1. The highest BCUT2D eigenvalue weighted by molar-refractivity contribution is 7.89. The van der Waals surface area contributed by atoms with E-state index in [1.807, 2.05) is 35.2 Å². The molecule has 2 aromatic rings. The summed E-state index contributed by atoms with van der Waals surface area (Å²) in [5.74, 6) is -0.0804. The Morgan fingerprint density at radius 3 is 2.47 bits per heavy atom. The van der Waals surface area contributed by atoms with Crippen LogP contribution in [-0.4, -0.2) is 47.6 Å². The Kier molecular flexibility index (Phi) is 7.50. The molecule has 1 aliphatic heterocycles. The smallest absolute Gasteiger partial charge is 0.246 e. The Labute approximate surface area is 183 Å². The second kappa shape index (κ2) is 9.90. The lowest BCUT2D eigenvalue weighted by Gasteiger charge is -2.36. The summed E-state index contributed by atoms with van der Waals surface area (Å²) in [4.78, 5) is 19.1. The van der Waals surface area contributed by atoms with Gasteiger partial charge in [-0.1, -0.05) is 48.9 Å². The Bertz CT molecular complexity index is 961. The fourth-order valence-corrected chi connectivity index (χ4v) is 5.63. The summed E-state index contributed by atoms with van der Waals surface area (Å²) in [5, 5.41) is -0.0264. The summed E-state index contributed by atoms with van der Waals surface area (Å²) in [7, 11) is -3.72. The van der Waals surface area contributed by atoms with Crippen LogP contribution in [0.2, 0.25) is 5.15 Å². The van der Waals surface area contributed by atoms with Crippen molar-refractivity contribution in [2.24, 2.45) is 5.92 Å². The normalized spacial score (nSPS) is 16.9. The predicted molar refractivity (Wildman–Crippen MR) is 117 cm³/mol. The number of carbonyl (C=O) groups excluding carboxylic acids is 1. The number of pyridine rings is 1. The number of piperidine rings is 1. The molecule has 0 aliphatic carbocycles. The van der Waals surface area contributed by atoms with Gasteiger partial charge in [0.1, 0.15) is 10.0 Å². The highest BCUT2D eigenvalue weighted by Crippen LogP contribution is 2.28. The lowest BCUT2D eigenvalue weighted by atomic mass is 9.95. The molecule has 1 aromatic heterocycles. The summed E-state index contributed by atoms with van der Waals surface area (Å²) in [6.45, 7) is 5.29. The quantitative estimate of drug-likeness (QED) is 0.600. The van der Waals surface area contributed by atoms with Crippen LogP contribution in [0.25, 0.3) is 0 Å². The molecular formula is C22H28ClN3O3S. The van der Waals surface area contributed by atoms with Crippen molar-refractivity contribution in [3.8, 4) is 0 Å². The third kappa shape index (κ3) is 5.02. The lowest BCUT2D eigenvalue weighted by molar-refractivity contribution is -0.139. The summed E-state index contributed by atoms with van der Waals surface area (Å²) < 4.78 is 27.2. The molecule has 1 amide bonds. The maximum absolute atomic E-state index is 13.3. The van der Waals surface area contributed by atoms with E-state index in [9.17, 15) is 13.2 Å². The minimum absolute atomic E-state index is 0.0155. The van der Waals surface area contributed by atoms with E-state index in [0.717, 1.165) is 12.0 Å². The number of nitrogens with zero attached hydrogens (tertiary/aromatic N) is 3. The highest BCUT2D eigenvalue weighted by Gasteiger charge is 2.35. The SMILES string of the molecule is CCC(C)N(Cc1ccccc1)C(=O)C1CCN(S(=O)(=O)c2cccnc2Cl)CC1. The average molecular weight is 450 g/mol. The summed E-state index contributed by atoms with van der Waals surface area (Å²) in [5.41, 5.74) is 1.09. The molecule has 1 fully saturated rings. The van der Waals surface area contributed by atoms with Crippen molar-refractivity contribution in [1.29, 1.82) is 0 Å². The van der Waals surface area contributed by atoms with Gasteiger partial charge in [0.25, 0.3) is 0 Å². The molecule has 1 unspecified atom stereocenters. The van der Waals surface area contributed by atoms with Gasteiger partial charge in [0.05, 0.1) is 0 Å². The van der Waals surface area contributed by atoms with E-state index in [-0.39, 0.29) is 27.9 Å². The van der Waals surface area contributed by atoms with Crippen LogP contribution in [0, 0.1) is 5.92 Å². The van der Waals surface area contributed by atoms with Crippen molar-refractivity contribution in [3.05, 3.63) is 59.4 Å². The number of benzene rings is 1. The van der Waals surface area contributed by atoms with Gasteiger partial charge < -0.3 is 4.90 Å². The number of hydrogen-bond donors (Lipinski definition) is 0. The van der Waals surface area contributed by atoms with Crippen LogP contribution >= 0.6 is 11.6 Å². The van der Waals surface area contributed by atoms with Crippen LogP contribution in [0.5, 0.6) is 0 Å². The molecule has 30 heavy (non-hydrogen) atoms. The Balaban J connectivity index is 1.69. The molecule has 0 N–H and O–H groups in total. The van der Waals surface area contributed by atoms with E-state index in [1.54, 1.807) is 6.07 Å². The van der Waals surface area contributed by atoms with Crippen molar-refractivity contribution in [3.63, 3.8) is 0 Å². The number of amides is 1. The molecule has 0 radical (unpaired) electrons. The molecular weight excluding hydrogens is 422 g/mol. The van der Waals surface area contributed by atoms with E-state index in [2.05, 4.69) is 18.8 Å². The summed E-state index contributed by atoms with van der Waals surface area (Å²) >= 11 is 6.00. The summed E-state index contributed by atoms with van der Waals surface area (Å²) in [6.07, 6.45) is 3.32. The van der Waals surface area contributed by atoms with Crippen molar-refractivity contribution in [2.75, 3.05) is 13.1 Å². The molecule has 0 spiro atoms. The van der Waals surface area contributed by atoms with E-state index in [0.29, 0.717) is 32.5 Å². The van der Waals surface area contributed by atoms with Gasteiger partial charge in [-0.25, -0.2) is 13.4 Å². The van der Waals surface area contributed by atoms with Crippen LogP contribution in [0.3, 0.4) is 0 Å². The number of rotatable bonds is 7. The standard InChI is InChI=1S/C22H28ClN3O3S/c1-3-17(2)26(16-18-8-5-4-6-9-18)22(27)19-11-14-25(15-12-19)30(28,29)20-10-7-13-24-21(20)23/h4-10,13,17,19H,3,11-12,14-16H2,1-2H3. The van der Waals surface area contributed by atoms with Crippen LogP contribution in [0.4, 0.5) is 0 Å². The van der Waals surface area contributed by atoms with Crippen molar-refractivity contribution in [1.82, 2.24) is 14.2 Å². The third-order valence-corrected chi connectivity index (χ3v) is 8.09. The average Bonchev–Trinajstić information content (AvgIpc) is 2.77. The minimum Gasteiger partial charge on any atom is -0.335 e. The van der Waals surface area contributed by atoms with E-state index in [4.69, 9.17) is 11.6 Å². The number of aromatic nitrogens is 1. The highest BCUT2D eigenvalue weighted by atomic mass is 35.5. The minimum atomic E-state index is -3.72. The molecule has 1 aliphatic rings. The zero-order valence-electron chi connectivity index (χ0n) is 17.4. The Morgan fingerprint density at radius 2 is 1.87 bits per heavy atom. The van der Waals surface area contributed by atoms with Crippen molar-refractivity contribution >= 4 is 27.5 Å². The maximum Gasteiger partial charge on any atom is 0.246 e. The monoisotopic (exact) mass is 449 g/mol. The first-order valence-electron chi connectivity index (χ1n) is 10.3. The molecule has 6 nitrogen and oxygen atoms in total. The van der Waals surface area contributed by atoms with Crippen LogP contribution in [0.15, 0.2) is 53.6 Å². The first kappa shape index (κ1) is 22.7. The van der Waals surface area contributed by atoms with Gasteiger partial charge in [-0.3, -0.25) is 4.79 Å². The molecule has 0 bridgehead atoms. The number of halogens is 1. The molecule has 2 heterocycles. The van der Waals surface area contributed by atoms with Crippen LogP contribution in [0.1, 0.15) is 38.7 Å². The predicted octanol–water partition coefficient (Wildman–Crippen LogP) is 3.96. The second-order valence-electron chi connectivity index (χ2n) is 7.68. The van der Waals surface area contributed by atoms with Crippen LogP contribution in [-0.2, 0) is 21.4 Å².